The Kier molecular flexibility index (Phi) is 5.64. The first kappa shape index (κ1) is 18.5. The predicted octanol–water partition coefficient (Wildman–Crippen LogP) is 3.97. The molecule has 0 atom stereocenters. The van der Waals surface area contributed by atoms with E-state index in [2.05, 4.69) is 20.3 Å². The zero-order valence-electron chi connectivity index (χ0n) is 15.9. The second kappa shape index (κ2) is 7.94. The number of carbonyl (C=O) groups excluding carboxylic acids is 1. The molecule has 138 valence electrons. The number of nitrogens with one attached hydrogen (secondary N) is 1. The van der Waals surface area contributed by atoms with Crippen molar-refractivity contribution >= 4 is 5.91 Å². The topological polar surface area (TPSA) is 67.8 Å². The van der Waals surface area contributed by atoms with E-state index in [-0.39, 0.29) is 11.3 Å². The van der Waals surface area contributed by atoms with E-state index < -0.39 is 0 Å². The zero-order chi connectivity index (χ0) is 18.6. The second-order valence-electron chi connectivity index (χ2n) is 8.24. The van der Waals surface area contributed by atoms with Crippen molar-refractivity contribution in [2.24, 2.45) is 11.3 Å². The maximum atomic E-state index is 12.1. The predicted molar refractivity (Wildman–Crippen MR) is 102 cm³/mol. The summed E-state index contributed by atoms with van der Waals surface area (Å²) in [5.74, 6) is 1.15. The lowest BCUT2D eigenvalue weighted by molar-refractivity contribution is -0.128. The molecule has 1 N–H and O–H groups in total. The van der Waals surface area contributed by atoms with Crippen LogP contribution in [0.15, 0.2) is 37.1 Å². The summed E-state index contributed by atoms with van der Waals surface area (Å²) in [6.45, 7) is 6.64. The van der Waals surface area contributed by atoms with E-state index in [1.807, 2.05) is 39.1 Å². The summed E-state index contributed by atoms with van der Waals surface area (Å²) in [5.41, 5.74) is 3.05. The molecular weight excluding hydrogens is 324 g/mol. The van der Waals surface area contributed by atoms with Crippen LogP contribution < -0.4 is 5.32 Å². The maximum absolute atomic E-state index is 12.1. The Bertz CT molecular complexity index is 731. The zero-order valence-corrected chi connectivity index (χ0v) is 15.9. The highest BCUT2D eigenvalue weighted by molar-refractivity contribution is 5.81. The fraction of sp³-hybridized carbons (Fsp3) is 0.524. The van der Waals surface area contributed by atoms with Gasteiger partial charge in [-0.15, -0.1) is 0 Å². The van der Waals surface area contributed by atoms with E-state index in [1.165, 1.54) is 0 Å². The van der Waals surface area contributed by atoms with Gasteiger partial charge in [0, 0.05) is 42.0 Å². The molecule has 1 aliphatic carbocycles. The third-order valence-corrected chi connectivity index (χ3v) is 5.20. The Hall–Kier alpha value is -2.30. The van der Waals surface area contributed by atoms with Crippen molar-refractivity contribution in [1.29, 1.82) is 0 Å². The molecule has 5 heteroatoms. The van der Waals surface area contributed by atoms with Gasteiger partial charge in [0.05, 0.1) is 5.69 Å². The largest absolute Gasteiger partial charge is 0.355 e. The minimum absolute atomic E-state index is 0.135. The summed E-state index contributed by atoms with van der Waals surface area (Å²) < 4.78 is 0. The molecule has 3 rings (SSSR count). The van der Waals surface area contributed by atoms with Crippen molar-refractivity contribution in [1.82, 2.24) is 20.3 Å². The van der Waals surface area contributed by atoms with Crippen molar-refractivity contribution < 1.29 is 4.79 Å². The standard InChI is InChI=1S/C21H28N4O/c1-21(2,3)20(26)24-12-15-4-6-17(7-5-15)19-18(13-23-14-25-19)16-8-10-22-11-9-16/h8-11,13-15,17H,4-7,12H2,1-3H3,(H,24,26). The number of nitrogens with zero attached hydrogens (tertiary/aromatic N) is 3. The van der Waals surface area contributed by atoms with Gasteiger partial charge in [-0.25, -0.2) is 9.97 Å². The summed E-state index contributed by atoms with van der Waals surface area (Å²) in [4.78, 5) is 25.0. The molecule has 2 aromatic rings. The monoisotopic (exact) mass is 352 g/mol. The van der Waals surface area contributed by atoms with Crippen LogP contribution in [0.5, 0.6) is 0 Å². The molecule has 0 spiro atoms. The number of amides is 1. The number of hydrogen-bond acceptors (Lipinski definition) is 4. The lowest BCUT2D eigenvalue weighted by Crippen LogP contribution is -2.38. The molecule has 0 aliphatic heterocycles. The molecule has 1 saturated carbocycles. The van der Waals surface area contributed by atoms with Gasteiger partial charge >= 0.3 is 0 Å². The van der Waals surface area contributed by atoms with Gasteiger partial charge in [-0.3, -0.25) is 9.78 Å². The minimum Gasteiger partial charge on any atom is -0.355 e. The molecule has 1 amide bonds. The van der Waals surface area contributed by atoms with Crippen LogP contribution in [0.4, 0.5) is 0 Å². The molecule has 1 fully saturated rings. The van der Waals surface area contributed by atoms with Gasteiger partial charge in [-0.1, -0.05) is 20.8 Å². The number of aromatic nitrogens is 3. The average Bonchev–Trinajstić information content (AvgIpc) is 2.66. The quantitative estimate of drug-likeness (QED) is 0.904. The van der Waals surface area contributed by atoms with E-state index in [0.29, 0.717) is 11.8 Å². The van der Waals surface area contributed by atoms with Crippen molar-refractivity contribution in [2.75, 3.05) is 6.54 Å². The van der Waals surface area contributed by atoms with E-state index in [4.69, 9.17) is 0 Å². The number of rotatable bonds is 4. The van der Waals surface area contributed by atoms with Crippen molar-refractivity contribution in [3.63, 3.8) is 0 Å². The lowest BCUT2D eigenvalue weighted by Gasteiger charge is -2.30. The Balaban J connectivity index is 1.62. The van der Waals surface area contributed by atoms with Crippen LogP contribution in [0, 0.1) is 11.3 Å². The van der Waals surface area contributed by atoms with Crippen LogP contribution >= 0.6 is 0 Å². The highest BCUT2D eigenvalue weighted by Crippen LogP contribution is 2.38. The summed E-state index contributed by atoms with van der Waals surface area (Å²) in [6.07, 6.45) is 11.6. The van der Waals surface area contributed by atoms with Crippen molar-refractivity contribution in [3.05, 3.63) is 42.7 Å². The molecule has 0 saturated heterocycles. The van der Waals surface area contributed by atoms with E-state index in [1.54, 1.807) is 18.7 Å². The van der Waals surface area contributed by atoms with Gasteiger partial charge in [0.2, 0.25) is 5.91 Å². The Labute approximate surface area is 155 Å². The first-order chi connectivity index (χ1) is 12.4. The molecule has 1 aliphatic rings. The molecule has 5 nitrogen and oxygen atoms in total. The fourth-order valence-electron chi connectivity index (χ4n) is 3.56. The molecule has 0 aromatic carbocycles. The fourth-order valence-corrected chi connectivity index (χ4v) is 3.56. The van der Waals surface area contributed by atoms with Crippen LogP contribution in [0.3, 0.4) is 0 Å². The molecule has 0 unspecified atom stereocenters. The normalized spacial score (nSPS) is 20.6. The number of hydrogen-bond donors (Lipinski definition) is 1. The summed E-state index contributed by atoms with van der Waals surface area (Å²) in [5, 5.41) is 3.11. The van der Waals surface area contributed by atoms with E-state index in [9.17, 15) is 4.79 Å². The third-order valence-electron chi connectivity index (χ3n) is 5.20. The lowest BCUT2D eigenvalue weighted by atomic mass is 9.79. The average molecular weight is 352 g/mol. The number of pyridine rings is 1. The summed E-state index contributed by atoms with van der Waals surface area (Å²) in [7, 11) is 0. The van der Waals surface area contributed by atoms with E-state index >= 15 is 0 Å². The molecule has 26 heavy (non-hydrogen) atoms. The Morgan fingerprint density at radius 3 is 2.46 bits per heavy atom. The van der Waals surface area contributed by atoms with Crippen LogP contribution in [-0.2, 0) is 4.79 Å². The van der Waals surface area contributed by atoms with E-state index in [0.717, 1.165) is 49.0 Å². The maximum Gasteiger partial charge on any atom is 0.225 e. The molecular formula is C21H28N4O. The number of carbonyl (C=O) groups is 1. The van der Waals surface area contributed by atoms with Gasteiger partial charge in [-0.05, 0) is 49.3 Å². The van der Waals surface area contributed by atoms with Crippen molar-refractivity contribution in [3.8, 4) is 11.1 Å². The van der Waals surface area contributed by atoms with Crippen LogP contribution in [0.2, 0.25) is 0 Å². The van der Waals surface area contributed by atoms with Crippen LogP contribution in [-0.4, -0.2) is 27.4 Å². The first-order valence-corrected chi connectivity index (χ1v) is 9.43. The van der Waals surface area contributed by atoms with Gasteiger partial charge in [0.25, 0.3) is 0 Å². The Morgan fingerprint density at radius 1 is 1.12 bits per heavy atom. The van der Waals surface area contributed by atoms with Crippen LogP contribution in [0.1, 0.15) is 58.1 Å². The smallest absolute Gasteiger partial charge is 0.225 e. The Morgan fingerprint density at radius 2 is 1.81 bits per heavy atom. The SMILES string of the molecule is CC(C)(C)C(=O)NCC1CCC(c2ncncc2-c2ccncc2)CC1. The minimum atomic E-state index is -0.322. The summed E-state index contributed by atoms with van der Waals surface area (Å²) in [6, 6.07) is 4.02. The first-order valence-electron chi connectivity index (χ1n) is 9.43. The highest BCUT2D eigenvalue weighted by Gasteiger charge is 2.27. The molecule has 0 radical (unpaired) electrons. The molecule has 0 bridgehead atoms. The van der Waals surface area contributed by atoms with Gasteiger partial charge < -0.3 is 5.32 Å². The van der Waals surface area contributed by atoms with Gasteiger partial charge in [0.15, 0.2) is 0 Å². The van der Waals surface area contributed by atoms with Crippen LogP contribution in [0.25, 0.3) is 11.1 Å². The van der Waals surface area contributed by atoms with Gasteiger partial charge in [0.1, 0.15) is 6.33 Å². The molecule has 2 heterocycles. The van der Waals surface area contributed by atoms with Crippen molar-refractivity contribution in [2.45, 2.75) is 52.4 Å². The third kappa shape index (κ3) is 4.45. The highest BCUT2D eigenvalue weighted by atomic mass is 16.2. The summed E-state index contributed by atoms with van der Waals surface area (Å²) >= 11 is 0. The molecule has 2 aromatic heterocycles. The second-order valence-corrected chi connectivity index (χ2v) is 8.24. The van der Waals surface area contributed by atoms with Gasteiger partial charge in [-0.2, -0.15) is 0 Å².